The second kappa shape index (κ2) is 8.02. The Hall–Kier alpha value is -2.83. The number of thioether (sulfide) groups is 1. The number of carbonyl (C=O) groups excluding carboxylic acids is 2. The molecule has 2 amide bonds. The van der Waals surface area contributed by atoms with Crippen LogP contribution in [0.2, 0.25) is 0 Å². The second-order valence-corrected chi connectivity index (χ2v) is 9.98. The predicted octanol–water partition coefficient (Wildman–Crippen LogP) is 0.469. The van der Waals surface area contributed by atoms with E-state index in [0.29, 0.717) is 5.16 Å². The Morgan fingerprint density at radius 3 is 2.52 bits per heavy atom. The van der Waals surface area contributed by atoms with Crippen molar-refractivity contribution in [1.29, 1.82) is 0 Å². The molecule has 2 fully saturated rings. The number of alkyl carbamates (subject to hydrolysis) is 1. The summed E-state index contributed by atoms with van der Waals surface area (Å²) in [5, 5.41) is 30.9. The highest BCUT2D eigenvalue weighted by Gasteiger charge is 2.75. The Balaban J connectivity index is 1.76. The van der Waals surface area contributed by atoms with E-state index in [0.717, 1.165) is 0 Å². The number of ether oxygens (including phenoxy) is 1. The summed E-state index contributed by atoms with van der Waals surface area (Å²) >= 11 is 1.20. The number of aromatic amines is 1. The largest absolute Gasteiger partial charge is 0.481 e. The molecule has 0 bridgehead atoms. The zero-order valence-electron chi connectivity index (χ0n) is 17.4. The number of amides is 2. The average Bonchev–Trinajstić information content (AvgIpc) is 3.03. The molecule has 6 atom stereocenters. The van der Waals surface area contributed by atoms with Gasteiger partial charge in [0.25, 0.3) is 0 Å². The third-order valence-electron chi connectivity index (χ3n) is 5.39. The summed E-state index contributed by atoms with van der Waals surface area (Å²) in [6.45, 7) is 6.40. The number of hydrogen-bond donors (Lipinski definition) is 5. The maximum atomic E-state index is 12.7. The minimum absolute atomic E-state index is 0.0116. The quantitative estimate of drug-likeness (QED) is 0.387. The summed E-state index contributed by atoms with van der Waals surface area (Å²) in [5.41, 5.74) is -2.54. The summed E-state index contributed by atoms with van der Waals surface area (Å²) in [5.74, 6) is -5.30. The summed E-state index contributed by atoms with van der Waals surface area (Å²) in [4.78, 5) is 52.7. The van der Waals surface area contributed by atoms with Gasteiger partial charge >= 0.3 is 18.0 Å². The number of nitrogens with one attached hydrogen (secondary N) is 3. The average molecular weight is 455 g/mol. The van der Waals surface area contributed by atoms with Crippen LogP contribution in [0.25, 0.3) is 0 Å². The highest BCUT2D eigenvalue weighted by atomic mass is 32.2. The standard InChI is InChI=1S/C18H25N5O7S/c1-7(21-16(29)30-17(2,3)4)12(24)22-18(14(27)28)5-8(31-15-19-6-20-23-15)9-10(11(9)18)13(25)26/h6-11H,5H2,1-4H3,(H,21,29)(H,22,24)(H,25,26)(H,27,28)(H,19,20,23)/t7-,8+,9-,10-,11-,18-/m0/s1. The fourth-order valence-electron chi connectivity index (χ4n) is 4.15. The summed E-state index contributed by atoms with van der Waals surface area (Å²) in [6.07, 6.45) is 0.488. The van der Waals surface area contributed by atoms with E-state index < -0.39 is 64.1 Å². The van der Waals surface area contributed by atoms with Gasteiger partial charge in [-0.05, 0) is 40.0 Å². The van der Waals surface area contributed by atoms with Crippen LogP contribution >= 0.6 is 11.8 Å². The molecule has 31 heavy (non-hydrogen) atoms. The van der Waals surface area contributed by atoms with Crippen LogP contribution < -0.4 is 10.6 Å². The molecule has 0 aromatic carbocycles. The summed E-state index contributed by atoms with van der Waals surface area (Å²) in [6, 6.07) is -1.09. The Labute approximate surface area is 181 Å². The molecule has 2 saturated carbocycles. The van der Waals surface area contributed by atoms with E-state index in [1.54, 1.807) is 20.8 Å². The third kappa shape index (κ3) is 4.60. The van der Waals surface area contributed by atoms with Crippen LogP contribution in [0.3, 0.4) is 0 Å². The molecule has 0 unspecified atom stereocenters. The predicted molar refractivity (Wildman–Crippen MR) is 106 cm³/mol. The van der Waals surface area contributed by atoms with Crippen molar-refractivity contribution >= 4 is 35.7 Å². The number of fused-ring (bicyclic) bond motifs is 1. The van der Waals surface area contributed by atoms with Gasteiger partial charge in [-0.1, -0.05) is 11.8 Å². The number of aromatic nitrogens is 3. The second-order valence-electron chi connectivity index (χ2n) is 8.75. The van der Waals surface area contributed by atoms with Crippen molar-refractivity contribution in [2.75, 3.05) is 0 Å². The SMILES string of the molecule is C[C@H](NC(=O)OC(C)(C)C)C(=O)N[C@@]1(C(=O)O)C[C@@H](Sc2ncn[nH]2)[C@H]2[C@H](C(=O)O)[C@H]21. The van der Waals surface area contributed by atoms with Crippen molar-refractivity contribution in [2.24, 2.45) is 17.8 Å². The number of hydrogen-bond acceptors (Lipinski definition) is 8. The molecule has 12 nitrogen and oxygen atoms in total. The minimum Gasteiger partial charge on any atom is -0.481 e. The Bertz CT molecular complexity index is 886. The van der Waals surface area contributed by atoms with Crippen LogP contribution in [0.5, 0.6) is 0 Å². The van der Waals surface area contributed by atoms with Gasteiger partial charge in [0.15, 0.2) is 5.16 Å². The van der Waals surface area contributed by atoms with Crippen molar-refractivity contribution in [3.63, 3.8) is 0 Å². The van der Waals surface area contributed by atoms with Gasteiger partial charge in [-0.25, -0.2) is 14.6 Å². The molecule has 1 aromatic heterocycles. The molecule has 1 heterocycles. The lowest BCUT2D eigenvalue weighted by Crippen LogP contribution is -2.60. The molecule has 5 N–H and O–H groups in total. The van der Waals surface area contributed by atoms with Crippen molar-refractivity contribution in [1.82, 2.24) is 25.8 Å². The molecule has 0 aliphatic heterocycles. The maximum Gasteiger partial charge on any atom is 0.408 e. The van der Waals surface area contributed by atoms with E-state index in [-0.39, 0.29) is 6.42 Å². The van der Waals surface area contributed by atoms with Crippen LogP contribution in [0, 0.1) is 17.8 Å². The minimum atomic E-state index is -1.77. The van der Waals surface area contributed by atoms with Crippen LogP contribution in [0.4, 0.5) is 4.79 Å². The Kier molecular flexibility index (Phi) is 5.91. The summed E-state index contributed by atoms with van der Waals surface area (Å²) < 4.78 is 5.11. The molecule has 2 aliphatic rings. The first kappa shape index (κ1) is 22.8. The number of carbonyl (C=O) groups is 4. The van der Waals surface area contributed by atoms with Gasteiger partial charge in [0.2, 0.25) is 5.91 Å². The Morgan fingerprint density at radius 1 is 1.32 bits per heavy atom. The number of aliphatic carboxylic acids is 2. The van der Waals surface area contributed by atoms with Crippen molar-refractivity contribution < 1.29 is 34.1 Å². The molecule has 3 rings (SSSR count). The molecule has 2 aliphatic carbocycles. The molecule has 0 saturated heterocycles. The third-order valence-corrected chi connectivity index (χ3v) is 6.60. The normalized spacial score (nSPS) is 30.1. The zero-order chi connectivity index (χ0) is 23.1. The van der Waals surface area contributed by atoms with Gasteiger partial charge in [-0.3, -0.25) is 14.7 Å². The molecular formula is C18H25N5O7S. The molecular weight excluding hydrogens is 430 g/mol. The topological polar surface area (TPSA) is 184 Å². The number of nitrogens with zero attached hydrogens (tertiary/aromatic N) is 2. The lowest BCUT2D eigenvalue weighted by Gasteiger charge is -2.31. The van der Waals surface area contributed by atoms with E-state index >= 15 is 0 Å². The number of H-pyrrole nitrogens is 1. The highest BCUT2D eigenvalue weighted by Crippen LogP contribution is 2.65. The smallest absolute Gasteiger partial charge is 0.408 e. The first-order chi connectivity index (χ1) is 14.4. The first-order valence-electron chi connectivity index (χ1n) is 9.65. The fourth-order valence-corrected chi connectivity index (χ4v) is 5.49. The van der Waals surface area contributed by atoms with Crippen LogP contribution in [0.15, 0.2) is 11.5 Å². The van der Waals surface area contributed by atoms with Crippen LogP contribution in [-0.2, 0) is 19.1 Å². The number of carboxylic acids is 2. The van der Waals surface area contributed by atoms with Crippen molar-refractivity contribution in [3.05, 3.63) is 6.33 Å². The summed E-state index contributed by atoms with van der Waals surface area (Å²) in [7, 11) is 0. The van der Waals surface area contributed by atoms with Gasteiger partial charge < -0.3 is 25.6 Å². The van der Waals surface area contributed by atoms with Gasteiger partial charge in [0, 0.05) is 11.2 Å². The zero-order valence-corrected chi connectivity index (χ0v) is 18.2. The number of rotatable bonds is 7. The van der Waals surface area contributed by atoms with Crippen molar-refractivity contribution in [2.45, 2.75) is 61.7 Å². The van der Waals surface area contributed by atoms with Crippen LogP contribution in [-0.4, -0.2) is 71.8 Å². The number of carboxylic acid groups (broad SMARTS) is 2. The van der Waals surface area contributed by atoms with E-state index in [1.165, 1.54) is 25.0 Å². The van der Waals surface area contributed by atoms with Gasteiger partial charge in [0.1, 0.15) is 23.5 Å². The lowest BCUT2D eigenvalue weighted by atomic mass is 9.89. The first-order valence-corrected chi connectivity index (χ1v) is 10.5. The monoisotopic (exact) mass is 455 g/mol. The molecule has 13 heteroatoms. The van der Waals surface area contributed by atoms with Crippen LogP contribution in [0.1, 0.15) is 34.1 Å². The van der Waals surface area contributed by atoms with E-state index in [9.17, 15) is 29.4 Å². The Morgan fingerprint density at radius 2 is 2.00 bits per heavy atom. The molecule has 0 spiro atoms. The van der Waals surface area contributed by atoms with Gasteiger partial charge in [0.05, 0.1) is 5.92 Å². The van der Waals surface area contributed by atoms with E-state index in [1.807, 2.05) is 0 Å². The molecule has 170 valence electrons. The maximum absolute atomic E-state index is 12.7. The molecule has 0 radical (unpaired) electrons. The molecule has 1 aromatic rings. The van der Waals surface area contributed by atoms with E-state index in [4.69, 9.17) is 4.74 Å². The highest BCUT2D eigenvalue weighted by molar-refractivity contribution is 7.99. The van der Waals surface area contributed by atoms with Gasteiger partial charge in [-0.2, -0.15) is 5.10 Å². The lowest BCUT2D eigenvalue weighted by molar-refractivity contribution is -0.150. The fraction of sp³-hybridized carbons (Fsp3) is 0.667. The van der Waals surface area contributed by atoms with E-state index in [2.05, 4.69) is 25.8 Å². The van der Waals surface area contributed by atoms with Gasteiger partial charge in [-0.15, -0.1) is 0 Å². The van der Waals surface area contributed by atoms with Crippen molar-refractivity contribution in [3.8, 4) is 0 Å².